The predicted molar refractivity (Wildman–Crippen MR) is 103 cm³/mol. The molecule has 140 valence electrons. The molecule has 0 radical (unpaired) electrons. The molecule has 1 aliphatic heterocycles. The van der Waals surface area contributed by atoms with Crippen LogP contribution in [0.15, 0.2) is 29.2 Å². The molecule has 0 aliphatic carbocycles. The topological polar surface area (TPSA) is 94.7 Å². The number of carbonyl (C=O) groups excluding carboxylic acids is 1. The van der Waals surface area contributed by atoms with Crippen LogP contribution in [-0.2, 0) is 11.2 Å². The highest BCUT2D eigenvalue weighted by atomic mass is 16.2. The first kappa shape index (κ1) is 17.5. The normalized spacial score (nSPS) is 17.4. The summed E-state index contributed by atoms with van der Waals surface area (Å²) in [7, 11) is 0. The number of carbonyl (C=O) groups is 1. The van der Waals surface area contributed by atoms with Crippen molar-refractivity contribution in [3.05, 3.63) is 57.5 Å². The first-order valence-corrected chi connectivity index (χ1v) is 9.29. The Morgan fingerprint density at radius 2 is 2.15 bits per heavy atom. The van der Waals surface area contributed by atoms with Gasteiger partial charge in [0.05, 0.1) is 17.5 Å². The number of likely N-dealkylation sites (tertiary alicyclic amines) is 1. The lowest BCUT2D eigenvalue weighted by Crippen LogP contribution is -2.40. The van der Waals surface area contributed by atoms with Gasteiger partial charge in [0.2, 0.25) is 5.91 Å². The number of hydrogen-bond acceptors (Lipinski definition) is 4. The van der Waals surface area contributed by atoms with E-state index in [0.29, 0.717) is 24.5 Å². The molecule has 7 nitrogen and oxygen atoms in total. The maximum absolute atomic E-state index is 12.7. The van der Waals surface area contributed by atoms with Gasteiger partial charge in [-0.1, -0.05) is 12.1 Å². The van der Waals surface area contributed by atoms with E-state index in [1.54, 1.807) is 6.92 Å². The number of nitrogens with zero attached hydrogens (tertiary/aromatic N) is 3. The van der Waals surface area contributed by atoms with Gasteiger partial charge in [0, 0.05) is 30.8 Å². The van der Waals surface area contributed by atoms with Gasteiger partial charge in [-0.05, 0) is 38.3 Å². The molecule has 0 saturated carbocycles. The summed E-state index contributed by atoms with van der Waals surface area (Å²) in [6.45, 7) is 5.11. The number of aromatic nitrogens is 4. The van der Waals surface area contributed by atoms with Gasteiger partial charge in [-0.25, -0.2) is 9.97 Å². The number of aromatic amines is 2. The fourth-order valence-electron chi connectivity index (χ4n) is 3.73. The number of aryl methyl sites for hydroxylation is 2. The molecular formula is C20H23N5O2. The fourth-order valence-corrected chi connectivity index (χ4v) is 3.73. The van der Waals surface area contributed by atoms with Crippen molar-refractivity contribution in [3.8, 4) is 0 Å². The molecule has 3 heterocycles. The van der Waals surface area contributed by atoms with Gasteiger partial charge in [-0.3, -0.25) is 9.59 Å². The van der Waals surface area contributed by atoms with Crippen LogP contribution in [-0.4, -0.2) is 43.8 Å². The first-order valence-electron chi connectivity index (χ1n) is 9.29. The van der Waals surface area contributed by atoms with E-state index >= 15 is 0 Å². The molecule has 1 saturated heterocycles. The molecule has 7 heteroatoms. The van der Waals surface area contributed by atoms with Crippen molar-refractivity contribution < 1.29 is 4.79 Å². The van der Waals surface area contributed by atoms with Crippen LogP contribution >= 0.6 is 0 Å². The van der Waals surface area contributed by atoms with Crippen LogP contribution in [0.3, 0.4) is 0 Å². The number of para-hydroxylation sites is 1. The number of rotatable bonds is 3. The van der Waals surface area contributed by atoms with Crippen molar-refractivity contribution in [2.24, 2.45) is 0 Å². The summed E-state index contributed by atoms with van der Waals surface area (Å²) in [5.41, 5.74) is 3.34. The molecule has 1 unspecified atom stereocenters. The van der Waals surface area contributed by atoms with Crippen molar-refractivity contribution >= 4 is 16.9 Å². The highest BCUT2D eigenvalue weighted by Crippen LogP contribution is 2.27. The van der Waals surface area contributed by atoms with Crippen molar-refractivity contribution in [3.63, 3.8) is 0 Å². The number of hydrogen-bond donors (Lipinski definition) is 2. The molecule has 1 aromatic carbocycles. The Kier molecular flexibility index (Phi) is 4.51. The fraction of sp³-hybridized carbons (Fsp3) is 0.400. The van der Waals surface area contributed by atoms with E-state index in [1.165, 1.54) is 6.20 Å². The highest BCUT2D eigenvalue weighted by Gasteiger charge is 2.27. The van der Waals surface area contributed by atoms with E-state index in [1.807, 2.05) is 17.0 Å². The summed E-state index contributed by atoms with van der Waals surface area (Å²) in [4.78, 5) is 41.5. The molecule has 2 aromatic heterocycles. The lowest BCUT2D eigenvalue weighted by Gasteiger charge is -2.32. The van der Waals surface area contributed by atoms with Crippen LogP contribution < -0.4 is 5.56 Å². The van der Waals surface area contributed by atoms with E-state index in [9.17, 15) is 9.59 Å². The predicted octanol–water partition coefficient (Wildman–Crippen LogP) is 2.21. The van der Waals surface area contributed by atoms with Crippen LogP contribution in [0.1, 0.15) is 41.5 Å². The third-order valence-electron chi connectivity index (χ3n) is 5.24. The van der Waals surface area contributed by atoms with Gasteiger partial charge in [0.15, 0.2) is 0 Å². The monoisotopic (exact) mass is 365 g/mol. The lowest BCUT2D eigenvalue weighted by atomic mass is 9.97. The molecular weight excluding hydrogens is 342 g/mol. The Morgan fingerprint density at radius 1 is 1.30 bits per heavy atom. The minimum atomic E-state index is -0.239. The van der Waals surface area contributed by atoms with Crippen molar-refractivity contribution in [1.82, 2.24) is 24.8 Å². The minimum absolute atomic E-state index is 0.0388. The Morgan fingerprint density at radius 3 is 2.93 bits per heavy atom. The third-order valence-corrected chi connectivity index (χ3v) is 5.24. The van der Waals surface area contributed by atoms with Gasteiger partial charge in [-0.15, -0.1) is 0 Å². The number of H-pyrrole nitrogens is 2. The largest absolute Gasteiger partial charge is 0.342 e. The Hall–Kier alpha value is -2.96. The summed E-state index contributed by atoms with van der Waals surface area (Å²) >= 11 is 0. The number of fused-ring (bicyclic) bond motifs is 1. The number of amides is 1. The minimum Gasteiger partial charge on any atom is -0.342 e. The quantitative estimate of drug-likeness (QED) is 0.744. The standard InChI is InChI=1S/C20H23N5O2/c1-12-5-3-7-16-18(12)24-19(23-16)14-6-4-8-25(11-14)17(26)9-15-10-21-13(2)22-20(15)27/h3,5,7,10,14H,4,6,8-9,11H2,1-2H3,(H,23,24)(H,21,22,27). The Balaban J connectivity index is 1.50. The average Bonchev–Trinajstić information content (AvgIpc) is 3.10. The smallest absolute Gasteiger partial charge is 0.254 e. The van der Waals surface area contributed by atoms with Crippen LogP contribution in [0.4, 0.5) is 0 Å². The molecule has 2 N–H and O–H groups in total. The zero-order valence-electron chi connectivity index (χ0n) is 15.6. The number of piperidine rings is 1. The molecule has 1 fully saturated rings. The molecule has 1 atom stereocenters. The van der Waals surface area contributed by atoms with Gasteiger partial charge >= 0.3 is 0 Å². The second-order valence-electron chi connectivity index (χ2n) is 7.27. The number of nitrogens with one attached hydrogen (secondary N) is 2. The van der Waals surface area contributed by atoms with Gasteiger partial charge < -0.3 is 14.9 Å². The zero-order valence-corrected chi connectivity index (χ0v) is 15.6. The molecule has 3 aromatic rings. The van der Waals surface area contributed by atoms with E-state index in [2.05, 4.69) is 27.9 Å². The van der Waals surface area contributed by atoms with Gasteiger partial charge in [0.1, 0.15) is 11.6 Å². The summed E-state index contributed by atoms with van der Waals surface area (Å²) in [6, 6.07) is 6.10. The van der Waals surface area contributed by atoms with Crippen molar-refractivity contribution in [2.75, 3.05) is 13.1 Å². The van der Waals surface area contributed by atoms with E-state index < -0.39 is 0 Å². The van der Waals surface area contributed by atoms with Crippen LogP contribution in [0.2, 0.25) is 0 Å². The summed E-state index contributed by atoms with van der Waals surface area (Å²) in [5.74, 6) is 1.63. The summed E-state index contributed by atoms with van der Waals surface area (Å²) in [6.07, 6.45) is 3.49. The first-order chi connectivity index (χ1) is 13.0. The van der Waals surface area contributed by atoms with Crippen LogP contribution in [0.5, 0.6) is 0 Å². The van der Waals surface area contributed by atoms with E-state index in [4.69, 9.17) is 4.98 Å². The molecule has 0 bridgehead atoms. The molecule has 27 heavy (non-hydrogen) atoms. The second kappa shape index (κ2) is 6.98. The van der Waals surface area contributed by atoms with Gasteiger partial charge in [-0.2, -0.15) is 0 Å². The second-order valence-corrected chi connectivity index (χ2v) is 7.27. The zero-order chi connectivity index (χ0) is 19.0. The molecule has 4 rings (SSSR count). The van der Waals surface area contributed by atoms with Crippen molar-refractivity contribution in [2.45, 2.75) is 39.0 Å². The number of imidazole rings is 1. The Labute approximate surface area is 156 Å². The summed E-state index contributed by atoms with van der Waals surface area (Å²) < 4.78 is 0. The van der Waals surface area contributed by atoms with E-state index in [0.717, 1.165) is 35.3 Å². The van der Waals surface area contributed by atoms with Gasteiger partial charge in [0.25, 0.3) is 5.56 Å². The lowest BCUT2D eigenvalue weighted by molar-refractivity contribution is -0.131. The van der Waals surface area contributed by atoms with E-state index in [-0.39, 0.29) is 23.8 Å². The summed E-state index contributed by atoms with van der Waals surface area (Å²) in [5, 5.41) is 0. The molecule has 0 spiro atoms. The SMILES string of the molecule is Cc1ncc(CC(=O)N2CCCC(c3nc4c(C)cccc4[nH]3)C2)c(=O)[nH]1. The van der Waals surface area contributed by atoms with Crippen LogP contribution in [0, 0.1) is 13.8 Å². The number of benzene rings is 1. The molecule has 1 aliphatic rings. The average molecular weight is 365 g/mol. The maximum atomic E-state index is 12.7. The van der Waals surface area contributed by atoms with Crippen LogP contribution in [0.25, 0.3) is 11.0 Å². The molecule has 1 amide bonds. The third kappa shape index (κ3) is 3.49. The highest BCUT2D eigenvalue weighted by molar-refractivity contribution is 5.79. The Bertz CT molecular complexity index is 1050. The maximum Gasteiger partial charge on any atom is 0.254 e. The van der Waals surface area contributed by atoms with Crippen molar-refractivity contribution in [1.29, 1.82) is 0 Å².